The van der Waals surface area contributed by atoms with Crippen molar-refractivity contribution in [2.24, 2.45) is 0 Å². The van der Waals surface area contributed by atoms with Crippen molar-refractivity contribution < 1.29 is 13.2 Å². The first-order valence-corrected chi connectivity index (χ1v) is 10.2. The number of carbonyl (C=O) groups excluding carboxylic acids is 1. The topological polar surface area (TPSA) is 115 Å². The van der Waals surface area contributed by atoms with Gasteiger partial charge >= 0.3 is 0 Å². The smallest absolute Gasteiger partial charge is 0.253 e. The monoisotopic (exact) mass is 385 g/mol. The highest BCUT2D eigenvalue weighted by molar-refractivity contribution is 7.89. The fourth-order valence-corrected chi connectivity index (χ4v) is 4.03. The van der Waals surface area contributed by atoms with Crippen molar-refractivity contribution in [3.63, 3.8) is 0 Å². The first-order chi connectivity index (χ1) is 12.2. The lowest BCUT2D eigenvalue weighted by Crippen LogP contribution is -2.51. The number of piperazine rings is 1. The number of H-pyrrole nitrogens is 1. The first kappa shape index (κ1) is 20.5. The maximum atomic E-state index is 12.1. The summed E-state index contributed by atoms with van der Waals surface area (Å²) in [6.07, 6.45) is 1.36. The number of nitrogens with one attached hydrogen (secondary N) is 2. The number of hydrogen-bond acceptors (Lipinski definition) is 6. The molecule has 0 unspecified atom stereocenters. The second-order valence-corrected chi connectivity index (χ2v) is 9.15. The normalized spacial score (nSPS) is 16.8. The van der Waals surface area contributed by atoms with Crippen LogP contribution < -0.4 is 10.9 Å². The fourth-order valence-electron chi connectivity index (χ4n) is 2.76. The van der Waals surface area contributed by atoms with Gasteiger partial charge in [0.25, 0.3) is 5.56 Å². The number of hydrogen-bond donors (Lipinski definition) is 2. The molecule has 1 aromatic heterocycles. The van der Waals surface area contributed by atoms with Crippen LogP contribution in [0.15, 0.2) is 11.1 Å². The lowest BCUT2D eigenvalue weighted by atomic mass is 10.2. The van der Waals surface area contributed by atoms with E-state index in [-0.39, 0.29) is 17.9 Å². The summed E-state index contributed by atoms with van der Waals surface area (Å²) in [6.45, 7) is 8.39. The molecule has 9 nitrogen and oxygen atoms in total. The highest BCUT2D eigenvalue weighted by atomic mass is 32.2. The number of aromatic nitrogens is 2. The Balaban J connectivity index is 1.73. The Morgan fingerprint density at radius 1 is 1.31 bits per heavy atom. The minimum absolute atomic E-state index is 0.0656. The summed E-state index contributed by atoms with van der Waals surface area (Å²) in [7, 11) is -3.20. The molecule has 1 aliphatic heterocycles. The van der Waals surface area contributed by atoms with Crippen LogP contribution in [0, 0.1) is 6.92 Å². The van der Waals surface area contributed by atoms with Gasteiger partial charge in [-0.15, -0.1) is 0 Å². The van der Waals surface area contributed by atoms with Crippen molar-refractivity contribution in [2.45, 2.75) is 32.4 Å². The van der Waals surface area contributed by atoms with Gasteiger partial charge in [-0.25, -0.2) is 13.4 Å². The van der Waals surface area contributed by atoms with E-state index in [1.54, 1.807) is 20.8 Å². The molecule has 2 heterocycles. The summed E-state index contributed by atoms with van der Waals surface area (Å²) in [4.78, 5) is 32.1. The van der Waals surface area contributed by atoms with E-state index in [2.05, 4.69) is 20.2 Å². The van der Waals surface area contributed by atoms with E-state index in [9.17, 15) is 18.0 Å². The number of sulfonamides is 1. The Morgan fingerprint density at radius 3 is 2.58 bits per heavy atom. The van der Waals surface area contributed by atoms with Crippen LogP contribution in [0.3, 0.4) is 0 Å². The van der Waals surface area contributed by atoms with E-state index in [0.717, 1.165) is 0 Å². The van der Waals surface area contributed by atoms with E-state index < -0.39 is 15.3 Å². The van der Waals surface area contributed by atoms with Gasteiger partial charge in [0, 0.05) is 44.8 Å². The van der Waals surface area contributed by atoms with E-state index in [1.165, 1.54) is 10.6 Å². The molecular formula is C16H27N5O4S. The molecule has 0 atom stereocenters. The van der Waals surface area contributed by atoms with Gasteiger partial charge in [0.15, 0.2) is 0 Å². The van der Waals surface area contributed by atoms with Gasteiger partial charge in [-0.2, -0.15) is 4.31 Å². The van der Waals surface area contributed by atoms with Gasteiger partial charge in [-0.05, 0) is 20.8 Å². The number of nitrogens with zero attached hydrogens (tertiary/aromatic N) is 3. The van der Waals surface area contributed by atoms with Gasteiger partial charge in [-0.1, -0.05) is 0 Å². The molecule has 2 N–H and O–H groups in total. The number of amides is 1. The Labute approximate surface area is 153 Å². The second-order valence-electron chi connectivity index (χ2n) is 6.66. The van der Waals surface area contributed by atoms with Gasteiger partial charge in [0.1, 0.15) is 0 Å². The van der Waals surface area contributed by atoms with E-state index >= 15 is 0 Å². The Morgan fingerprint density at radius 2 is 1.96 bits per heavy atom. The molecule has 1 saturated heterocycles. The van der Waals surface area contributed by atoms with Gasteiger partial charge in [-0.3, -0.25) is 14.5 Å². The highest BCUT2D eigenvalue weighted by Gasteiger charge is 2.29. The molecule has 0 aliphatic carbocycles. The molecule has 0 aromatic carbocycles. The summed E-state index contributed by atoms with van der Waals surface area (Å²) in [5.74, 6) is -0.188. The van der Waals surface area contributed by atoms with Crippen LogP contribution in [0.4, 0.5) is 0 Å². The summed E-state index contributed by atoms with van der Waals surface area (Å²) >= 11 is 0. The summed E-state index contributed by atoms with van der Waals surface area (Å²) < 4.78 is 25.8. The minimum atomic E-state index is -3.20. The molecule has 10 heteroatoms. The predicted molar refractivity (Wildman–Crippen MR) is 98.4 cm³/mol. The summed E-state index contributed by atoms with van der Waals surface area (Å²) in [5.41, 5.74) is 0.681. The quantitative estimate of drug-likeness (QED) is 0.628. The Hall–Kier alpha value is -1.78. The maximum absolute atomic E-state index is 12.1. The SMILES string of the molecule is Cc1c(CC(=O)NCCN2CCN(S(=O)(=O)C(C)C)CC2)nc[nH]c1=O. The van der Waals surface area contributed by atoms with Crippen molar-refractivity contribution in [1.82, 2.24) is 24.5 Å². The zero-order valence-electron chi connectivity index (χ0n) is 15.5. The minimum Gasteiger partial charge on any atom is -0.354 e. The van der Waals surface area contributed by atoms with E-state index in [0.29, 0.717) is 50.5 Å². The molecule has 26 heavy (non-hydrogen) atoms. The van der Waals surface area contributed by atoms with Gasteiger partial charge in [0.2, 0.25) is 15.9 Å². The molecule has 1 aromatic rings. The van der Waals surface area contributed by atoms with Crippen LogP contribution in [-0.2, 0) is 21.2 Å². The first-order valence-electron chi connectivity index (χ1n) is 8.73. The van der Waals surface area contributed by atoms with Crippen molar-refractivity contribution in [1.29, 1.82) is 0 Å². The number of rotatable bonds is 7. The standard InChI is InChI=1S/C16H27N5O4S/c1-12(2)26(24,25)21-8-6-20(7-9-21)5-4-17-15(22)10-14-13(3)16(23)19-11-18-14/h11-12H,4-10H2,1-3H3,(H,17,22)(H,18,19,23). The van der Waals surface area contributed by atoms with Crippen LogP contribution in [0.5, 0.6) is 0 Å². The van der Waals surface area contributed by atoms with Gasteiger partial charge in [0.05, 0.1) is 23.7 Å². The summed E-state index contributed by atoms with van der Waals surface area (Å²) in [5, 5.41) is 2.41. The van der Waals surface area contributed by atoms with Crippen molar-refractivity contribution in [3.05, 3.63) is 27.9 Å². The molecule has 146 valence electrons. The third-order valence-electron chi connectivity index (χ3n) is 4.55. The van der Waals surface area contributed by atoms with E-state index in [1.807, 2.05) is 0 Å². The summed E-state index contributed by atoms with van der Waals surface area (Å²) in [6, 6.07) is 0. The third-order valence-corrected chi connectivity index (χ3v) is 6.83. The molecule has 1 amide bonds. The lowest BCUT2D eigenvalue weighted by Gasteiger charge is -2.34. The van der Waals surface area contributed by atoms with Crippen molar-refractivity contribution in [3.8, 4) is 0 Å². The zero-order valence-corrected chi connectivity index (χ0v) is 16.3. The number of carbonyl (C=O) groups is 1. The maximum Gasteiger partial charge on any atom is 0.253 e. The lowest BCUT2D eigenvalue weighted by molar-refractivity contribution is -0.120. The molecular weight excluding hydrogens is 358 g/mol. The van der Waals surface area contributed by atoms with Crippen molar-refractivity contribution >= 4 is 15.9 Å². The zero-order chi connectivity index (χ0) is 19.3. The van der Waals surface area contributed by atoms with Gasteiger partial charge < -0.3 is 10.3 Å². The third kappa shape index (κ3) is 5.12. The molecule has 1 fully saturated rings. The predicted octanol–water partition coefficient (Wildman–Crippen LogP) is -0.907. The second kappa shape index (κ2) is 8.74. The van der Waals surface area contributed by atoms with Crippen molar-refractivity contribution in [2.75, 3.05) is 39.3 Å². The van der Waals surface area contributed by atoms with E-state index in [4.69, 9.17) is 0 Å². The average Bonchev–Trinajstić information content (AvgIpc) is 2.59. The Bertz CT molecular complexity index is 782. The van der Waals surface area contributed by atoms with Crippen LogP contribution in [0.1, 0.15) is 25.1 Å². The highest BCUT2D eigenvalue weighted by Crippen LogP contribution is 2.11. The van der Waals surface area contributed by atoms with Crippen LogP contribution >= 0.6 is 0 Å². The average molecular weight is 385 g/mol. The molecule has 0 saturated carbocycles. The fraction of sp³-hybridized carbons (Fsp3) is 0.688. The largest absolute Gasteiger partial charge is 0.354 e. The molecule has 0 bridgehead atoms. The Kier molecular flexibility index (Phi) is 6.90. The van der Waals surface area contributed by atoms with Crippen LogP contribution in [-0.4, -0.2) is 78.0 Å². The van der Waals surface area contributed by atoms with Crippen LogP contribution in [0.25, 0.3) is 0 Å². The molecule has 0 spiro atoms. The number of aromatic amines is 1. The molecule has 2 rings (SSSR count). The van der Waals surface area contributed by atoms with Crippen LogP contribution in [0.2, 0.25) is 0 Å². The molecule has 1 aliphatic rings. The molecule has 0 radical (unpaired) electrons.